The standard InChI is InChI=1S/C13H24N4O2/c1-4-9-18-10-11-15-12(16-19-11)13(2,3)17-7-5-14-6-8-17/h14H,4-10H2,1-3H3. The highest BCUT2D eigenvalue weighted by molar-refractivity contribution is 5.02. The van der Waals surface area contributed by atoms with Gasteiger partial charge in [0.25, 0.3) is 5.89 Å². The first-order chi connectivity index (χ1) is 9.14. The van der Waals surface area contributed by atoms with E-state index in [1.54, 1.807) is 0 Å². The number of nitrogens with zero attached hydrogens (tertiary/aromatic N) is 3. The fourth-order valence-electron chi connectivity index (χ4n) is 2.23. The Morgan fingerprint density at radius 1 is 1.37 bits per heavy atom. The van der Waals surface area contributed by atoms with Crippen LogP contribution in [0.5, 0.6) is 0 Å². The zero-order valence-corrected chi connectivity index (χ0v) is 12.1. The van der Waals surface area contributed by atoms with E-state index in [1.165, 1.54) is 0 Å². The summed E-state index contributed by atoms with van der Waals surface area (Å²) in [6, 6.07) is 0. The van der Waals surface area contributed by atoms with E-state index in [4.69, 9.17) is 9.26 Å². The van der Waals surface area contributed by atoms with E-state index in [9.17, 15) is 0 Å². The van der Waals surface area contributed by atoms with Crippen molar-refractivity contribution in [1.29, 1.82) is 0 Å². The Labute approximate surface area is 114 Å². The monoisotopic (exact) mass is 268 g/mol. The van der Waals surface area contributed by atoms with E-state index in [0.29, 0.717) is 12.5 Å². The molecule has 0 amide bonds. The average molecular weight is 268 g/mol. The molecule has 108 valence electrons. The molecular weight excluding hydrogens is 244 g/mol. The van der Waals surface area contributed by atoms with Gasteiger partial charge in [-0.2, -0.15) is 4.98 Å². The normalized spacial score (nSPS) is 17.8. The van der Waals surface area contributed by atoms with Gasteiger partial charge < -0.3 is 14.6 Å². The number of ether oxygens (including phenoxy) is 1. The van der Waals surface area contributed by atoms with E-state index < -0.39 is 0 Å². The summed E-state index contributed by atoms with van der Waals surface area (Å²) in [5, 5.41) is 7.47. The van der Waals surface area contributed by atoms with Gasteiger partial charge in [0.1, 0.15) is 6.61 Å². The molecule has 0 bridgehead atoms. The van der Waals surface area contributed by atoms with E-state index in [1.807, 2.05) is 0 Å². The molecule has 0 radical (unpaired) electrons. The Kier molecular flexibility index (Phi) is 4.90. The topological polar surface area (TPSA) is 63.4 Å². The Balaban J connectivity index is 1.99. The highest BCUT2D eigenvalue weighted by Crippen LogP contribution is 2.25. The molecule has 2 rings (SSSR count). The molecule has 0 unspecified atom stereocenters. The molecule has 6 nitrogen and oxygen atoms in total. The van der Waals surface area contributed by atoms with Gasteiger partial charge in [-0.05, 0) is 20.3 Å². The minimum Gasteiger partial charge on any atom is -0.372 e. The summed E-state index contributed by atoms with van der Waals surface area (Å²) in [6.45, 7) is 11.5. The van der Waals surface area contributed by atoms with Crippen LogP contribution in [0.15, 0.2) is 4.52 Å². The SMILES string of the molecule is CCCOCc1nc(C(C)(C)N2CCNCC2)no1. The fraction of sp³-hybridized carbons (Fsp3) is 0.846. The van der Waals surface area contributed by atoms with Gasteiger partial charge >= 0.3 is 0 Å². The quantitative estimate of drug-likeness (QED) is 0.781. The molecule has 0 spiro atoms. The van der Waals surface area contributed by atoms with Gasteiger partial charge in [-0.15, -0.1) is 0 Å². The molecule has 1 fully saturated rings. The van der Waals surface area contributed by atoms with Gasteiger partial charge in [-0.3, -0.25) is 4.90 Å². The van der Waals surface area contributed by atoms with E-state index in [-0.39, 0.29) is 5.54 Å². The third-order valence-corrected chi connectivity index (χ3v) is 3.50. The Morgan fingerprint density at radius 2 is 2.11 bits per heavy atom. The largest absolute Gasteiger partial charge is 0.372 e. The van der Waals surface area contributed by atoms with E-state index in [2.05, 4.69) is 41.1 Å². The summed E-state index contributed by atoms with van der Waals surface area (Å²) in [5.74, 6) is 1.30. The first kappa shape index (κ1) is 14.4. The van der Waals surface area contributed by atoms with Crippen LogP contribution < -0.4 is 5.32 Å². The maximum absolute atomic E-state index is 5.42. The van der Waals surface area contributed by atoms with Gasteiger partial charge in [0.05, 0.1) is 5.54 Å². The highest BCUT2D eigenvalue weighted by atomic mass is 16.5. The fourth-order valence-corrected chi connectivity index (χ4v) is 2.23. The van der Waals surface area contributed by atoms with Crippen LogP contribution in [0.4, 0.5) is 0 Å². The van der Waals surface area contributed by atoms with Gasteiger partial charge in [0, 0.05) is 32.8 Å². The molecule has 0 aromatic carbocycles. The van der Waals surface area contributed by atoms with Crippen molar-refractivity contribution in [2.45, 2.75) is 39.3 Å². The van der Waals surface area contributed by atoms with Crippen LogP contribution in [0.2, 0.25) is 0 Å². The minimum absolute atomic E-state index is 0.200. The minimum atomic E-state index is -0.200. The second kappa shape index (κ2) is 6.45. The van der Waals surface area contributed by atoms with Gasteiger partial charge in [-0.1, -0.05) is 12.1 Å². The van der Waals surface area contributed by atoms with Crippen molar-refractivity contribution in [2.24, 2.45) is 0 Å². The van der Waals surface area contributed by atoms with E-state index >= 15 is 0 Å². The molecule has 1 saturated heterocycles. The van der Waals surface area contributed by atoms with Crippen LogP contribution in [-0.4, -0.2) is 47.8 Å². The molecule has 0 aliphatic carbocycles. The van der Waals surface area contributed by atoms with Crippen LogP contribution in [0.25, 0.3) is 0 Å². The summed E-state index contributed by atoms with van der Waals surface area (Å²) >= 11 is 0. The lowest BCUT2D eigenvalue weighted by Gasteiger charge is -2.38. The second-order valence-corrected chi connectivity index (χ2v) is 5.36. The third-order valence-electron chi connectivity index (χ3n) is 3.50. The maximum Gasteiger partial charge on any atom is 0.252 e. The lowest BCUT2D eigenvalue weighted by atomic mass is 10.0. The first-order valence-corrected chi connectivity index (χ1v) is 7.01. The molecule has 1 aromatic rings. The van der Waals surface area contributed by atoms with Crippen molar-refractivity contribution in [3.63, 3.8) is 0 Å². The molecule has 1 N–H and O–H groups in total. The molecule has 1 aliphatic rings. The number of hydrogen-bond donors (Lipinski definition) is 1. The zero-order chi connectivity index (χ0) is 13.7. The zero-order valence-electron chi connectivity index (χ0n) is 12.1. The third kappa shape index (κ3) is 3.52. The van der Waals surface area contributed by atoms with Crippen molar-refractivity contribution in [3.8, 4) is 0 Å². The number of hydrogen-bond acceptors (Lipinski definition) is 6. The number of piperazine rings is 1. The number of aromatic nitrogens is 2. The molecule has 1 aliphatic heterocycles. The number of nitrogens with one attached hydrogen (secondary N) is 1. The molecule has 19 heavy (non-hydrogen) atoms. The van der Waals surface area contributed by atoms with E-state index in [0.717, 1.165) is 45.0 Å². The molecule has 1 aromatic heterocycles. The van der Waals surface area contributed by atoms with Gasteiger partial charge in [0.15, 0.2) is 5.82 Å². The molecular formula is C13H24N4O2. The van der Waals surface area contributed by atoms with Gasteiger partial charge in [0.2, 0.25) is 0 Å². The van der Waals surface area contributed by atoms with Gasteiger partial charge in [-0.25, -0.2) is 0 Å². The predicted octanol–water partition coefficient (Wildman–Crippen LogP) is 1.14. The summed E-state index contributed by atoms with van der Waals surface area (Å²) in [4.78, 5) is 6.84. The Bertz CT molecular complexity index is 386. The average Bonchev–Trinajstić information content (AvgIpc) is 2.90. The van der Waals surface area contributed by atoms with Crippen LogP contribution in [0, 0.1) is 0 Å². The second-order valence-electron chi connectivity index (χ2n) is 5.36. The maximum atomic E-state index is 5.42. The van der Waals surface area contributed by atoms with Crippen LogP contribution in [-0.2, 0) is 16.9 Å². The number of rotatable bonds is 6. The first-order valence-electron chi connectivity index (χ1n) is 7.01. The molecule has 2 heterocycles. The smallest absolute Gasteiger partial charge is 0.252 e. The lowest BCUT2D eigenvalue weighted by Crippen LogP contribution is -2.52. The Hall–Kier alpha value is -0.980. The Morgan fingerprint density at radius 3 is 2.79 bits per heavy atom. The molecule has 0 saturated carbocycles. The highest BCUT2D eigenvalue weighted by Gasteiger charge is 2.34. The molecule has 6 heteroatoms. The van der Waals surface area contributed by atoms with Crippen molar-refractivity contribution < 1.29 is 9.26 Å². The van der Waals surface area contributed by atoms with Crippen molar-refractivity contribution >= 4 is 0 Å². The van der Waals surface area contributed by atoms with Crippen molar-refractivity contribution in [1.82, 2.24) is 20.4 Å². The van der Waals surface area contributed by atoms with Crippen molar-refractivity contribution in [2.75, 3.05) is 32.8 Å². The summed E-state index contributed by atoms with van der Waals surface area (Å²) in [7, 11) is 0. The van der Waals surface area contributed by atoms with Crippen molar-refractivity contribution in [3.05, 3.63) is 11.7 Å². The lowest BCUT2D eigenvalue weighted by molar-refractivity contribution is 0.0916. The summed E-state index contributed by atoms with van der Waals surface area (Å²) < 4.78 is 10.7. The summed E-state index contributed by atoms with van der Waals surface area (Å²) in [6.07, 6.45) is 0.993. The molecule has 0 atom stereocenters. The predicted molar refractivity (Wildman–Crippen MR) is 71.7 cm³/mol. The summed E-state index contributed by atoms with van der Waals surface area (Å²) in [5.41, 5.74) is -0.200. The van der Waals surface area contributed by atoms with Crippen LogP contribution in [0.1, 0.15) is 38.9 Å². The van der Waals surface area contributed by atoms with Crippen LogP contribution in [0.3, 0.4) is 0 Å². The van der Waals surface area contributed by atoms with Crippen LogP contribution >= 0.6 is 0 Å².